The second-order valence-electron chi connectivity index (χ2n) is 7.67. The van der Waals surface area contributed by atoms with Gasteiger partial charge in [0.1, 0.15) is 0 Å². The van der Waals surface area contributed by atoms with E-state index in [4.69, 9.17) is 0 Å². The number of anilines is 1. The van der Waals surface area contributed by atoms with E-state index in [1.807, 2.05) is 12.1 Å². The van der Waals surface area contributed by atoms with Gasteiger partial charge >= 0.3 is 0 Å². The Morgan fingerprint density at radius 1 is 0.885 bits per heavy atom. The average molecular weight is 350 g/mol. The molecule has 1 N–H and O–H groups in total. The van der Waals surface area contributed by atoms with Crippen molar-refractivity contribution in [1.82, 2.24) is 0 Å². The van der Waals surface area contributed by atoms with E-state index in [9.17, 15) is 4.79 Å². The van der Waals surface area contributed by atoms with Crippen molar-refractivity contribution in [2.75, 3.05) is 5.32 Å². The van der Waals surface area contributed by atoms with Crippen molar-refractivity contribution in [3.8, 4) is 11.1 Å². The molecule has 3 rings (SSSR count). The van der Waals surface area contributed by atoms with Gasteiger partial charge < -0.3 is 5.32 Å². The van der Waals surface area contributed by atoms with Gasteiger partial charge in [0.05, 0.1) is 0 Å². The molecule has 1 aliphatic carbocycles. The first-order chi connectivity index (χ1) is 12.8. The van der Waals surface area contributed by atoms with Crippen LogP contribution in [0.25, 0.3) is 11.1 Å². The molecule has 0 radical (unpaired) electrons. The summed E-state index contributed by atoms with van der Waals surface area (Å²) in [7, 11) is 0. The van der Waals surface area contributed by atoms with Gasteiger partial charge in [-0.1, -0.05) is 69.0 Å². The molecule has 2 aromatic carbocycles. The third-order valence-electron chi connectivity index (χ3n) is 5.89. The molecule has 0 aromatic heterocycles. The fraction of sp³-hybridized carbons (Fsp3) is 0.458. The summed E-state index contributed by atoms with van der Waals surface area (Å²) < 4.78 is 0. The highest BCUT2D eigenvalue weighted by atomic mass is 16.1. The lowest BCUT2D eigenvalue weighted by Gasteiger charge is -2.29. The summed E-state index contributed by atoms with van der Waals surface area (Å²) in [4.78, 5) is 10.5. The number of rotatable bonds is 8. The van der Waals surface area contributed by atoms with Crippen molar-refractivity contribution >= 4 is 12.1 Å². The largest absolute Gasteiger partial charge is 0.329 e. The van der Waals surface area contributed by atoms with E-state index in [0.29, 0.717) is 6.41 Å². The molecule has 1 amide bonds. The number of hydrogen-bond acceptors (Lipinski definition) is 1. The summed E-state index contributed by atoms with van der Waals surface area (Å²) in [6, 6.07) is 17.1. The highest BCUT2D eigenvalue weighted by Gasteiger charge is 2.21. The third-order valence-corrected chi connectivity index (χ3v) is 5.89. The Labute approximate surface area is 158 Å². The number of carbonyl (C=O) groups excluding carboxylic acids is 1. The van der Waals surface area contributed by atoms with Gasteiger partial charge in [0.25, 0.3) is 0 Å². The van der Waals surface area contributed by atoms with E-state index in [0.717, 1.165) is 17.5 Å². The summed E-state index contributed by atoms with van der Waals surface area (Å²) in [6.07, 6.45) is 11.8. The van der Waals surface area contributed by atoms with Crippen molar-refractivity contribution < 1.29 is 4.79 Å². The normalized spacial score (nSPS) is 19.9. The van der Waals surface area contributed by atoms with E-state index < -0.39 is 0 Å². The Hall–Kier alpha value is -2.09. The number of carbonyl (C=O) groups is 1. The molecule has 2 heteroatoms. The van der Waals surface area contributed by atoms with E-state index >= 15 is 0 Å². The maximum absolute atomic E-state index is 10.5. The molecule has 2 aromatic rings. The van der Waals surface area contributed by atoms with Crippen LogP contribution in [0.5, 0.6) is 0 Å². The molecule has 0 spiro atoms. The van der Waals surface area contributed by atoms with Crippen LogP contribution in [0.3, 0.4) is 0 Å². The van der Waals surface area contributed by atoms with Crippen molar-refractivity contribution in [2.45, 2.75) is 64.2 Å². The first kappa shape index (κ1) is 18.7. The van der Waals surface area contributed by atoms with Gasteiger partial charge in [-0.05, 0) is 66.3 Å². The Balaban J connectivity index is 1.55. The summed E-state index contributed by atoms with van der Waals surface area (Å²) in [5.41, 5.74) is 4.75. The molecule has 26 heavy (non-hydrogen) atoms. The monoisotopic (exact) mass is 349 g/mol. The topological polar surface area (TPSA) is 29.1 Å². The van der Waals surface area contributed by atoms with E-state index in [-0.39, 0.29) is 0 Å². The molecule has 0 heterocycles. The van der Waals surface area contributed by atoms with Gasteiger partial charge in [0.15, 0.2) is 0 Å². The zero-order valence-corrected chi connectivity index (χ0v) is 15.9. The van der Waals surface area contributed by atoms with Crippen molar-refractivity contribution in [3.63, 3.8) is 0 Å². The van der Waals surface area contributed by atoms with Gasteiger partial charge in [-0.2, -0.15) is 0 Å². The molecule has 1 saturated carbocycles. The standard InChI is InChI=1S/C24H31NO/c1-2-3-4-5-19-6-8-20(9-7-19)21-10-12-22(13-11-21)23-14-16-24(17-15-23)25-18-26/h10-20H,2-9H2,1H3,(H,25,26). The zero-order valence-electron chi connectivity index (χ0n) is 15.9. The number of nitrogens with one attached hydrogen (secondary N) is 1. The van der Waals surface area contributed by atoms with E-state index in [2.05, 4.69) is 48.6 Å². The molecule has 0 atom stereocenters. The van der Waals surface area contributed by atoms with Crippen LogP contribution in [-0.4, -0.2) is 6.41 Å². The van der Waals surface area contributed by atoms with Gasteiger partial charge in [-0.3, -0.25) is 4.79 Å². The van der Waals surface area contributed by atoms with Crippen LogP contribution < -0.4 is 5.32 Å². The summed E-state index contributed by atoms with van der Waals surface area (Å²) in [5.74, 6) is 1.71. The third kappa shape index (κ3) is 4.97. The molecular weight excluding hydrogens is 318 g/mol. The second kappa shape index (κ2) is 9.56. The number of hydrogen-bond donors (Lipinski definition) is 1. The predicted octanol–water partition coefficient (Wildman–Crippen LogP) is 6.78. The van der Waals surface area contributed by atoms with Crippen LogP contribution in [0.4, 0.5) is 5.69 Å². The van der Waals surface area contributed by atoms with Crippen molar-refractivity contribution in [3.05, 3.63) is 54.1 Å². The highest BCUT2D eigenvalue weighted by molar-refractivity contribution is 5.73. The van der Waals surface area contributed by atoms with Crippen molar-refractivity contribution in [2.24, 2.45) is 5.92 Å². The minimum absolute atomic E-state index is 0.711. The van der Waals surface area contributed by atoms with Gasteiger partial charge in [-0.25, -0.2) is 0 Å². The van der Waals surface area contributed by atoms with Crippen LogP contribution in [-0.2, 0) is 4.79 Å². The molecular formula is C24H31NO. The van der Waals surface area contributed by atoms with E-state index in [1.165, 1.54) is 68.1 Å². The average Bonchev–Trinajstić information content (AvgIpc) is 2.70. The Kier molecular flexibility index (Phi) is 6.88. The number of benzene rings is 2. The highest BCUT2D eigenvalue weighted by Crippen LogP contribution is 2.38. The molecule has 2 nitrogen and oxygen atoms in total. The maximum atomic E-state index is 10.5. The number of amides is 1. The lowest BCUT2D eigenvalue weighted by atomic mass is 9.77. The van der Waals surface area contributed by atoms with Crippen LogP contribution in [0.15, 0.2) is 48.5 Å². The molecule has 0 aliphatic heterocycles. The van der Waals surface area contributed by atoms with Gasteiger partial charge in [-0.15, -0.1) is 0 Å². The molecule has 1 fully saturated rings. The maximum Gasteiger partial charge on any atom is 0.211 e. The Morgan fingerprint density at radius 2 is 1.50 bits per heavy atom. The summed E-state index contributed by atoms with van der Waals surface area (Å²) >= 11 is 0. The van der Waals surface area contributed by atoms with Crippen LogP contribution in [0, 0.1) is 5.92 Å². The minimum Gasteiger partial charge on any atom is -0.329 e. The summed E-state index contributed by atoms with van der Waals surface area (Å²) in [5, 5.41) is 2.68. The second-order valence-corrected chi connectivity index (χ2v) is 7.67. The van der Waals surface area contributed by atoms with Gasteiger partial charge in [0, 0.05) is 5.69 Å². The quantitative estimate of drug-likeness (QED) is 0.413. The Morgan fingerprint density at radius 3 is 2.08 bits per heavy atom. The number of unbranched alkanes of at least 4 members (excludes halogenated alkanes) is 2. The molecule has 0 saturated heterocycles. The Bertz CT molecular complexity index is 666. The fourth-order valence-corrected chi connectivity index (χ4v) is 4.24. The first-order valence-corrected chi connectivity index (χ1v) is 10.2. The fourth-order valence-electron chi connectivity index (χ4n) is 4.24. The molecule has 1 aliphatic rings. The van der Waals surface area contributed by atoms with E-state index in [1.54, 1.807) is 0 Å². The smallest absolute Gasteiger partial charge is 0.211 e. The summed E-state index contributed by atoms with van der Waals surface area (Å²) in [6.45, 7) is 2.29. The van der Waals surface area contributed by atoms with Crippen LogP contribution >= 0.6 is 0 Å². The zero-order chi connectivity index (χ0) is 18.2. The molecule has 0 unspecified atom stereocenters. The molecule has 138 valence electrons. The minimum atomic E-state index is 0.711. The van der Waals surface area contributed by atoms with Crippen molar-refractivity contribution in [1.29, 1.82) is 0 Å². The lowest BCUT2D eigenvalue weighted by molar-refractivity contribution is -0.105. The first-order valence-electron chi connectivity index (χ1n) is 10.2. The molecule has 0 bridgehead atoms. The van der Waals surface area contributed by atoms with Gasteiger partial charge in [0.2, 0.25) is 6.41 Å². The van der Waals surface area contributed by atoms with Crippen LogP contribution in [0.2, 0.25) is 0 Å². The van der Waals surface area contributed by atoms with Crippen LogP contribution in [0.1, 0.15) is 69.8 Å². The lowest BCUT2D eigenvalue weighted by Crippen LogP contribution is -2.13. The predicted molar refractivity (Wildman–Crippen MR) is 110 cm³/mol. The SMILES string of the molecule is CCCCCC1CCC(c2ccc(-c3ccc(NC=O)cc3)cc2)CC1.